The van der Waals surface area contributed by atoms with Crippen molar-refractivity contribution in [2.24, 2.45) is 0 Å². The molecule has 0 aliphatic heterocycles. The second-order valence-corrected chi connectivity index (χ2v) is 4.43. The molecule has 1 aromatic rings. The molecular formula is C14H19F2N3O2. The minimum absolute atomic E-state index is 0.178. The molecule has 0 aliphatic carbocycles. The summed E-state index contributed by atoms with van der Waals surface area (Å²) in [6.07, 6.45) is 0. The van der Waals surface area contributed by atoms with Crippen LogP contribution in [0.4, 0.5) is 14.5 Å². The van der Waals surface area contributed by atoms with Gasteiger partial charge in [0, 0.05) is 18.7 Å². The lowest BCUT2D eigenvalue weighted by atomic mass is 10.1. The van der Waals surface area contributed by atoms with E-state index in [2.05, 4.69) is 16.0 Å². The number of halogens is 2. The summed E-state index contributed by atoms with van der Waals surface area (Å²) in [7, 11) is 0. The van der Waals surface area contributed by atoms with E-state index in [0.29, 0.717) is 13.1 Å². The van der Waals surface area contributed by atoms with Crippen LogP contribution in [0, 0.1) is 11.6 Å². The predicted molar refractivity (Wildman–Crippen MR) is 76.1 cm³/mol. The van der Waals surface area contributed by atoms with Gasteiger partial charge in [-0.3, -0.25) is 9.59 Å². The first-order valence-corrected chi connectivity index (χ1v) is 6.72. The van der Waals surface area contributed by atoms with Crippen molar-refractivity contribution in [2.45, 2.75) is 26.8 Å². The Kier molecular flexibility index (Phi) is 6.08. The number of carbonyl (C=O) groups excluding carboxylic acids is 2. The van der Waals surface area contributed by atoms with Gasteiger partial charge in [0.2, 0.25) is 5.91 Å². The van der Waals surface area contributed by atoms with E-state index in [9.17, 15) is 18.4 Å². The Labute approximate surface area is 122 Å². The lowest BCUT2D eigenvalue weighted by molar-refractivity contribution is -0.122. The van der Waals surface area contributed by atoms with Crippen molar-refractivity contribution in [3.05, 3.63) is 29.3 Å². The maximum Gasteiger partial charge on any atom is 0.252 e. The lowest BCUT2D eigenvalue weighted by Crippen LogP contribution is -2.44. The number of benzene rings is 1. The molecule has 5 nitrogen and oxygen atoms in total. The highest BCUT2D eigenvalue weighted by Gasteiger charge is 2.19. The summed E-state index contributed by atoms with van der Waals surface area (Å²) < 4.78 is 27.4. The van der Waals surface area contributed by atoms with Crippen LogP contribution in [-0.4, -0.2) is 30.9 Å². The van der Waals surface area contributed by atoms with Gasteiger partial charge in [0.1, 0.15) is 23.4 Å². The molecule has 0 saturated carbocycles. The lowest BCUT2D eigenvalue weighted by Gasteiger charge is -2.14. The molecule has 0 aliphatic rings. The average Bonchev–Trinajstić information content (AvgIpc) is 2.42. The molecule has 0 fully saturated rings. The summed E-state index contributed by atoms with van der Waals surface area (Å²) in [4.78, 5) is 23.4. The van der Waals surface area contributed by atoms with E-state index >= 15 is 0 Å². The third-order valence-corrected chi connectivity index (χ3v) is 2.75. The van der Waals surface area contributed by atoms with Crippen LogP contribution in [0.5, 0.6) is 0 Å². The molecule has 1 rings (SSSR count). The molecule has 7 heteroatoms. The van der Waals surface area contributed by atoms with Crippen molar-refractivity contribution in [3.63, 3.8) is 0 Å². The predicted octanol–water partition coefficient (Wildman–Crippen LogP) is 1.65. The molecule has 21 heavy (non-hydrogen) atoms. The fraction of sp³-hybridized carbons (Fsp3) is 0.429. The Morgan fingerprint density at radius 3 is 2.19 bits per heavy atom. The fourth-order valence-corrected chi connectivity index (χ4v) is 1.72. The Morgan fingerprint density at radius 1 is 1.14 bits per heavy atom. The highest BCUT2D eigenvalue weighted by Crippen LogP contribution is 2.20. The molecule has 116 valence electrons. The quantitative estimate of drug-likeness (QED) is 0.748. The van der Waals surface area contributed by atoms with Gasteiger partial charge in [0.05, 0.1) is 0 Å². The molecule has 2 amide bonds. The number of nitrogens with one attached hydrogen (secondary N) is 3. The number of hydrogen-bond donors (Lipinski definition) is 3. The van der Waals surface area contributed by atoms with Crippen LogP contribution < -0.4 is 16.0 Å². The summed E-state index contributed by atoms with van der Waals surface area (Å²) in [6, 6.07) is 1.07. The number of likely N-dealkylation sites (N-methyl/N-ethyl adjacent to an activating group) is 1. The van der Waals surface area contributed by atoms with E-state index < -0.39 is 23.6 Å². The summed E-state index contributed by atoms with van der Waals surface area (Å²) in [5, 5.41) is 7.46. The first-order chi connectivity index (χ1) is 9.90. The maximum atomic E-state index is 13.7. The first kappa shape index (κ1) is 16.9. The third kappa shape index (κ3) is 4.40. The Balaban J connectivity index is 2.86. The van der Waals surface area contributed by atoms with Gasteiger partial charge in [-0.25, -0.2) is 8.78 Å². The van der Waals surface area contributed by atoms with Crippen LogP contribution in [-0.2, 0) is 4.79 Å². The summed E-state index contributed by atoms with van der Waals surface area (Å²) >= 11 is 0. The van der Waals surface area contributed by atoms with Gasteiger partial charge in [0.25, 0.3) is 5.91 Å². The van der Waals surface area contributed by atoms with Crippen LogP contribution >= 0.6 is 0 Å². The van der Waals surface area contributed by atoms with E-state index in [4.69, 9.17) is 0 Å². The Morgan fingerprint density at radius 2 is 1.71 bits per heavy atom. The van der Waals surface area contributed by atoms with Crippen molar-refractivity contribution in [3.8, 4) is 0 Å². The van der Waals surface area contributed by atoms with E-state index in [1.165, 1.54) is 6.92 Å². The van der Waals surface area contributed by atoms with Crippen molar-refractivity contribution in [1.29, 1.82) is 0 Å². The smallest absolute Gasteiger partial charge is 0.252 e. The molecule has 0 bridgehead atoms. The monoisotopic (exact) mass is 299 g/mol. The van der Waals surface area contributed by atoms with Gasteiger partial charge in [0.15, 0.2) is 0 Å². The molecule has 1 atom stereocenters. The van der Waals surface area contributed by atoms with Crippen LogP contribution in [0.25, 0.3) is 0 Å². The molecule has 1 aromatic carbocycles. The zero-order valence-corrected chi connectivity index (χ0v) is 12.2. The van der Waals surface area contributed by atoms with Gasteiger partial charge in [-0.2, -0.15) is 0 Å². The zero-order chi connectivity index (χ0) is 16.0. The minimum Gasteiger partial charge on any atom is -0.381 e. The number of anilines is 1. The molecule has 0 saturated heterocycles. The molecule has 1 unspecified atom stereocenters. The largest absolute Gasteiger partial charge is 0.381 e. The van der Waals surface area contributed by atoms with Gasteiger partial charge in [-0.15, -0.1) is 0 Å². The second kappa shape index (κ2) is 7.56. The molecule has 0 spiro atoms. The number of hydrogen-bond acceptors (Lipinski definition) is 3. The van der Waals surface area contributed by atoms with Crippen LogP contribution in [0.15, 0.2) is 12.1 Å². The summed E-state index contributed by atoms with van der Waals surface area (Å²) in [5.41, 5.74) is -0.450. The number of carbonyl (C=O) groups is 2. The molecule has 0 aromatic heterocycles. The average molecular weight is 299 g/mol. The van der Waals surface area contributed by atoms with Gasteiger partial charge < -0.3 is 16.0 Å². The van der Waals surface area contributed by atoms with Crippen molar-refractivity contribution < 1.29 is 18.4 Å². The standard InChI is InChI=1S/C14H19F2N3O2/c1-4-17-12-10(15)6-9(7-11(12)16)14(21)19-8(3)13(20)18-5-2/h6-8,17H,4-5H2,1-3H3,(H,18,20)(H,19,21). The topological polar surface area (TPSA) is 70.2 Å². The Bertz CT molecular complexity index is 512. The van der Waals surface area contributed by atoms with E-state index in [1.807, 2.05) is 0 Å². The van der Waals surface area contributed by atoms with Crippen LogP contribution in [0.3, 0.4) is 0 Å². The van der Waals surface area contributed by atoms with Crippen molar-refractivity contribution in [2.75, 3.05) is 18.4 Å². The highest BCUT2D eigenvalue weighted by molar-refractivity contribution is 5.97. The fourth-order valence-electron chi connectivity index (χ4n) is 1.72. The zero-order valence-electron chi connectivity index (χ0n) is 12.2. The maximum absolute atomic E-state index is 13.7. The second-order valence-electron chi connectivity index (χ2n) is 4.43. The molecule has 0 radical (unpaired) electrons. The van der Waals surface area contributed by atoms with Crippen LogP contribution in [0.2, 0.25) is 0 Å². The van der Waals surface area contributed by atoms with Crippen molar-refractivity contribution >= 4 is 17.5 Å². The van der Waals surface area contributed by atoms with Gasteiger partial charge >= 0.3 is 0 Å². The van der Waals surface area contributed by atoms with Gasteiger partial charge in [-0.1, -0.05) is 0 Å². The third-order valence-electron chi connectivity index (χ3n) is 2.75. The highest BCUT2D eigenvalue weighted by atomic mass is 19.1. The first-order valence-electron chi connectivity index (χ1n) is 6.72. The van der Waals surface area contributed by atoms with E-state index in [1.54, 1.807) is 13.8 Å². The number of amides is 2. The van der Waals surface area contributed by atoms with Gasteiger partial charge in [-0.05, 0) is 32.9 Å². The summed E-state index contributed by atoms with van der Waals surface area (Å²) in [5.74, 6) is -2.79. The normalized spacial score (nSPS) is 11.7. The summed E-state index contributed by atoms with van der Waals surface area (Å²) in [6.45, 7) is 5.72. The van der Waals surface area contributed by atoms with Crippen LogP contribution in [0.1, 0.15) is 31.1 Å². The molecule has 0 heterocycles. The van der Waals surface area contributed by atoms with E-state index in [0.717, 1.165) is 12.1 Å². The minimum atomic E-state index is -0.854. The Hall–Kier alpha value is -2.18. The van der Waals surface area contributed by atoms with E-state index in [-0.39, 0.29) is 17.2 Å². The van der Waals surface area contributed by atoms with Crippen molar-refractivity contribution in [1.82, 2.24) is 10.6 Å². The number of rotatable bonds is 6. The molecular weight excluding hydrogens is 280 g/mol. The SMILES string of the molecule is CCNC(=O)C(C)NC(=O)c1cc(F)c(NCC)c(F)c1. The molecule has 3 N–H and O–H groups in total.